The van der Waals surface area contributed by atoms with Crippen LogP contribution in [-0.2, 0) is 10.0 Å². The van der Waals surface area contributed by atoms with Crippen molar-refractivity contribution in [2.75, 3.05) is 18.8 Å². The maximum atomic E-state index is 12.6. The minimum atomic E-state index is -3.76. The zero-order valence-electron chi connectivity index (χ0n) is 12.4. The van der Waals surface area contributed by atoms with E-state index in [-0.39, 0.29) is 16.5 Å². The summed E-state index contributed by atoms with van der Waals surface area (Å²) < 4.78 is 26.5. The third kappa shape index (κ3) is 3.92. The Labute approximate surface area is 124 Å². The Balaban J connectivity index is 3.23. The van der Waals surface area contributed by atoms with Gasteiger partial charge in [-0.2, -0.15) is 4.31 Å². The van der Waals surface area contributed by atoms with Gasteiger partial charge in [0.15, 0.2) is 0 Å². The molecule has 1 aromatic carbocycles. The molecular formula is C13H21N3O4S. The number of nitro benzene ring substituents is 1. The summed E-state index contributed by atoms with van der Waals surface area (Å²) >= 11 is 0. The van der Waals surface area contributed by atoms with Gasteiger partial charge in [-0.15, -0.1) is 0 Å². The van der Waals surface area contributed by atoms with Gasteiger partial charge in [0.2, 0.25) is 10.0 Å². The van der Waals surface area contributed by atoms with E-state index in [2.05, 4.69) is 0 Å². The van der Waals surface area contributed by atoms with E-state index in [0.717, 1.165) is 12.5 Å². The molecule has 1 atom stereocenters. The number of hydrogen-bond acceptors (Lipinski definition) is 5. The van der Waals surface area contributed by atoms with Crippen LogP contribution < -0.4 is 5.73 Å². The Bertz CT molecular complexity index is 616. The molecule has 21 heavy (non-hydrogen) atoms. The third-order valence-electron chi connectivity index (χ3n) is 3.40. The Hall–Kier alpha value is -1.67. The summed E-state index contributed by atoms with van der Waals surface area (Å²) in [5.41, 5.74) is 5.05. The van der Waals surface area contributed by atoms with Crippen LogP contribution in [0, 0.1) is 16.0 Å². The fourth-order valence-electron chi connectivity index (χ4n) is 1.87. The highest BCUT2D eigenvalue weighted by Gasteiger charge is 2.26. The van der Waals surface area contributed by atoms with Crippen molar-refractivity contribution in [3.63, 3.8) is 0 Å². The molecule has 0 saturated heterocycles. The van der Waals surface area contributed by atoms with E-state index >= 15 is 0 Å². The van der Waals surface area contributed by atoms with Crippen LogP contribution in [0.3, 0.4) is 0 Å². The van der Waals surface area contributed by atoms with Crippen LogP contribution in [0.5, 0.6) is 0 Å². The number of rotatable bonds is 7. The summed E-state index contributed by atoms with van der Waals surface area (Å²) in [6.45, 7) is 6.38. The number of nitrogen functional groups attached to an aromatic ring is 1. The molecule has 1 rings (SSSR count). The number of benzene rings is 1. The first-order valence-electron chi connectivity index (χ1n) is 6.78. The summed E-state index contributed by atoms with van der Waals surface area (Å²) in [7, 11) is -3.76. The Morgan fingerprint density at radius 3 is 2.48 bits per heavy atom. The molecule has 118 valence electrons. The van der Waals surface area contributed by atoms with Crippen molar-refractivity contribution in [2.45, 2.75) is 32.1 Å². The first kappa shape index (κ1) is 17.4. The average molecular weight is 315 g/mol. The van der Waals surface area contributed by atoms with Crippen LogP contribution in [0.15, 0.2) is 23.1 Å². The van der Waals surface area contributed by atoms with Crippen molar-refractivity contribution in [2.24, 2.45) is 5.92 Å². The van der Waals surface area contributed by atoms with E-state index < -0.39 is 20.6 Å². The van der Waals surface area contributed by atoms with Gasteiger partial charge in [0.25, 0.3) is 5.69 Å². The quantitative estimate of drug-likeness (QED) is 0.472. The average Bonchev–Trinajstić information content (AvgIpc) is 2.43. The van der Waals surface area contributed by atoms with Crippen molar-refractivity contribution in [3.05, 3.63) is 28.3 Å². The lowest BCUT2D eigenvalue weighted by Gasteiger charge is -2.23. The van der Waals surface area contributed by atoms with E-state index in [9.17, 15) is 18.5 Å². The second kappa shape index (κ2) is 6.86. The highest BCUT2D eigenvalue weighted by atomic mass is 32.2. The van der Waals surface area contributed by atoms with Gasteiger partial charge in [-0.1, -0.05) is 27.2 Å². The molecule has 0 aliphatic carbocycles. The highest BCUT2D eigenvalue weighted by molar-refractivity contribution is 7.89. The zero-order valence-corrected chi connectivity index (χ0v) is 13.3. The molecule has 0 heterocycles. The van der Waals surface area contributed by atoms with Crippen molar-refractivity contribution >= 4 is 21.4 Å². The van der Waals surface area contributed by atoms with E-state index in [4.69, 9.17) is 5.73 Å². The molecule has 0 aliphatic heterocycles. The van der Waals surface area contributed by atoms with Crippen LogP contribution in [0.4, 0.5) is 11.4 Å². The molecule has 2 N–H and O–H groups in total. The summed E-state index contributed by atoms with van der Waals surface area (Å²) in [5, 5.41) is 10.9. The molecule has 0 aliphatic rings. The van der Waals surface area contributed by atoms with Crippen LogP contribution in [0.25, 0.3) is 0 Å². The molecule has 1 unspecified atom stereocenters. The van der Waals surface area contributed by atoms with Gasteiger partial charge in [-0.05, 0) is 18.1 Å². The molecule has 7 nitrogen and oxygen atoms in total. The van der Waals surface area contributed by atoms with Crippen LogP contribution in [0.1, 0.15) is 27.2 Å². The van der Waals surface area contributed by atoms with Crippen molar-refractivity contribution in [3.8, 4) is 0 Å². The monoisotopic (exact) mass is 315 g/mol. The minimum absolute atomic E-state index is 0.0519. The van der Waals surface area contributed by atoms with Gasteiger partial charge in [0.05, 0.1) is 9.82 Å². The molecule has 8 heteroatoms. The van der Waals surface area contributed by atoms with E-state index in [1.54, 1.807) is 6.92 Å². The zero-order chi connectivity index (χ0) is 16.2. The molecule has 0 bridgehead atoms. The second-order valence-corrected chi connectivity index (χ2v) is 6.88. The van der Waals surface area contributed by atoms with Gasteiger partial charge in [0.1, 0.15) is 5.69 Å². The molecule has 0 aromatic heterocycles. The lowest BCUT2D eigenvalue weighted by atomic mass is 10.1. The highest BCUT2D eigenvalue weighted by Crippen LogP contribution is 2.27. The number of nitrogens with zero attached hydrogens (tertiary/aromatic N) is 2. The lowest BCUT2D eigenvalue weighted by Crippen LogP contribution is -2.34. The van der Waals surface area contributed by atoms with Crippen molar-refractivity contribution < 1.29 is 13.3 Å². The van der Waals surface area contributed by atoms with Gasteiger partial charge in [-0.25, -0.2) is 8.42 Å². The topological polar surface area (TPSA) is 107 Å². The first-order chi connectivity index (χ1) is 9.73. The fourth-order valence-corrected chi connectivity index (χ4v) is 3.45. The maximum Gasteiger partial charge on any atom is 0.293 e. The van der Waals surface area contributed by atoms with Gasteiger partial charge in [-0.3, -0.25) is 10.1 Å². The summed E-state index contributed by atoms with van der Waals surface area (Å²) in [6, 6.07) is 3.57. The van der Waals surface area contributed by atoms with Gasteiger partial charge >= 0.3 is 0 Å². The lowest BCUT2D eigenvalue weighted by molar-refractivity contribution is -0.384. The van der Waals surface area contributed by atoms with Crippen LogP contribution in [-0.4, -0.2) is 30.7 Å². The Morgan fingerprint density at radius 2 is 2.00 bits per heavy atom. The molecule has 0 amide bonds. The summed E-state index contributed by atoms with van der Waals surface area (Å²) in [6.07, 6.45) is 0.855. The predicted octanol–water partition coefficient (Wildman–Crippen LogP) is 2.23. The van der Waals surface area contributed by atoms with Crippen molar-refractivity contribution in [1.29, 1.82) is 0 Å². The first-order valence-corrected chi connectivity index (χ1v) is 8.22. The summed E-state index contributed by atoms with van der Waals surface area (Å²) in [4.78, 5) is 10.1. The summed E-state index contributed by atoms with van der Waals surface area (Å²) in [5.74, 6) is 0.212. The maximum absolute atomic E-state index is 12.6. The van der Waals surface area contributed by atoms with E-state index in [0.29, 0.717) is 13.1 Å². The number of nitrogens with two attached hydrogens (primary N) is 1. The minimum Gasteiger partial charge on any atom is -0.393 e. The number of sulfonamides is 1. The smallest absolute Gasteiger partial charge is 0.293 e. The van der Waals surface area contributed by atoms with Crippen LogP contribution >= 0.6 is 0 Å². The molecule has 0 spiro atoms. The second-order valence-electron chi connectivity index (χ2n) is 4.95. The molecular weight excluding hydrogens is 294 g/mol. The molecule has 0 fully saturated rings. The molecule has 0 saturated carbocycles. The number of hydrogen-bond donors (Lipinski definition) is 1. The van der Waals surface area contributed by atoms with Gasteiger partial charge in [0, 0.05) is 19.2 Å². The molecule has 0 radical (unpaired) electrons. The standard InChI is InChI=1S/C13H21N3O4S/c1-4-10(3)9-15(5-2)21(19,20)11-6-7-12(14)13(8-11)16(17)18/h6-8,10H,4-5,9,14H2,1-3H3. The predicted molar refractivity (Wildman–Crippen MR) is 81.4 cm³/mol. The third-order valence-corrected chi connectivity index (χ3v) is 5.34. The Morgan fingerprint density at radius 1 is 1.38 bits per heavy atom. The van der Waals surface area contributed by atoms with Crippen LogP contribution in [0.2, 0.25) is 0 Å². The van der Waals surface area contributed by atoms with E-state index in [1.165, 1.54) is 16.4 Å². The fraction of sp³-hybridized carbons (Fsp3) is 0.538. The Kier molecular flexibility index (Phi) is 5.68. The molecule has 1 aromatic rings. The van der Waals surface area contributed by atoms with Gasteiger partial charge < -0.3 is 5.73 Å². The van der Waals surface area contributed by atoms with E-state index in [1.807, 2.05) is 13.8 Å². The largest absolute Gasteiger partial charge is 0.393 e. The SMILES string of the molecule is CCC(C)CN(CC)S(=O)(=O)c1ccc(N)c([N+](=O)[O-])c1. The number of anilines is 1. The van der Waals surface area contributed by atoms with Crippen molar-refractivity contribution in [1.82, 2.24) is 4.31 Å². The normalized spacial score (nSPS) is 13.3. The number of nitro groups is 1.